The molecular weight excluding hydrogens is 198 g/mol. The molecule has 0 spiro atoms. The lowest BCUT2D eigenvalue weighted by atomic mass is 10.1. The van der Waals surface area contributed by atoms with E-state index in [-0.39, 0.29) is 22.9 Å². The van der Waals surface area contributed by atoms with Crippen LogP contribution in [0, 0.1) is 6.92 Å². The van der Waals surface area contributed by atoms with Crippen molar-refractivity contribution in [2.75, 3.05) is 5.32 Å². The van der Waals surface area contributed by atoms with Crippen LogP contribution in [0.15, 0.2) is 12.1 Å². The lowest BCUT2D eigenvalue weighted by molar-refractivity contribution is -0.114. The molecule has 0 unspecified atom stereocenters. The molecule has 0 aromatic heterocycles. The number of aryl methyl sites for hydroxylation is 1. The number of carboxylic acid groups (broad SMARTS) is 1. The van der Waals surface area contributed by atoms with Gasteiger partial charge in [0.2, 0.25) is 5.91 Å². The van der Waals surface area contributed by atoms with Crippen molar-refractivity contribution in [3.63, 3.8) is 0 Å². The number of phenolic OH excluding ortho intramolecular Hbond substituents is 1. The topological polar surface area (TPSA) is 86.6 Å². The molecule has 1 aromatic carbocycles. The van der Waals surface area contributed by atoms with Crippen molar-refractivity contribution < 1.29 is 19.8 Å². The summed E-state index contributed by atoms with van der Waals surface area (Å²) in [5.41, 5.74) is 0.595. The van der Waals surface area contributed by atoms with Crippen LogP contribution >= 0.6 is 0 Å². The zero-order chi connectivity index (χ0) is 11.6. The van der Waals surface area contributed by atoms with Crippen molar-refractivity contribution >= 4 is 17.6 Å². The van der Waals surface area contributed by atoms with Gasteiger partial charge < -0.3 is 15.5 Å². The maximum absolute atomic E-state index is 10.9. The fraction of sp³-hybridized carbons (Fsp3) is 0.200. The van der Waals surface area contributed by atoms with E-state index >= 15 is 0 Å². The van der Waals surface area contributed by atoms with E-state index in [0.29, 0.717) is 5.56 Å². The van der Waals surface area contributed by atoms with Crippen molar-refractivity contribution in [3.8, 4) is 5.75 Å². The Morgan fingerprint density at radius 2 is 1.93 bits per heavy atom. The Hall–Kier alpha value is -2.04. The summed E-state index contributed by atoms with van der Waals surface area (Å²) >= 11 is 0. The number of carbonyl (C=O) groups excluding carboxylic acids is 1. The van der Waals surface area contributed by atoms with Crippen LogP contribution in [0.2, 0.25) is 0 Å². The number of rotatable bonds is 2. The van der Waals surface area contributed by atoms with Crippen LogP contribution < -0.4 is 5.32 Å². The molecule has 1 aromatic rings. The van der Waals surface area contributed by atoms with E-state index in [2.05, 4.69) is 5.32 Å². The molecule has 0 heterocycles. The standard InChI is InChI=1S/C10H11NO4/c1-5-3-7(13)4-8(10(14)15)9(5)11-6(2)12/h3-4,13H,1-2H3,(H,11,12)(H,14,15). The average Bonchev–Trinajstić information content (AvgIpc) is 2.08. The molecule has 0 aliphatic rings. The maximum Gasteiger partial charge on any atom is 0.337 e. The number of carboxylic acids is 1. The summed E-state index contributed by atoms with van der Waals surface area (Å²) < 4.78 is 0. The number of anilines is 1. The zero-order valence-corrected chi connectivity index (χ0v) is 8.37. The lowest BCUT2D eigenvalue weighted by Crippen LogP contribution is -2.12. The zero-order valence-electron chi connectivity index (χ0n) is 8.37. The van der Waals surface area contributed by atoms with Crippen molar-refractivity contribution in [2.24, 2.45) is 0 Å². The maximum atomic E-state index is 10.9. The average molecular weight is 209 g/mol. The second-order valence-corrected chi connectivity index (χ2v) is 3.17. The fourth-order valence-electron chi connectivity index (χ4n) is 1.28. The van der Waals surface area contributed by atoms with Crippen molar-refractivity contribution in [1.82, 2.24) is 0 Å². The van der Waals surface area contributed by atoms with Gasteiger partial charge in [-0.15, -0.1) is 0 Å². The third kappa shape index (κ3) is 2.46. The van der Waals surface area contributed by atoms with Gasteiger partial charge in [-0.2, -0.15) is 0 Å². The van der Waals surface area contributed by atoms with Gasteiger partial charge in [0.1, 0.15) is 5.75 Å². The van der Waals surface area contributed by atoms with Crippen LogP contribution in [0.5, 0.6) is 5.75 Å². The minimum Gasteiger partial charge on any atom is -0.508 e. The molecule has 0 atom stereocenters. The first-order valence-electron chi connectivity index (χ1n) is 4.26. The van der Waals surface area contributed by atoms with Crippen LogP contribution in [-0.4, -0.2) is 22.1 Å². The molecule has 0 aliphatic carbocycles. The first kappa shape index (κ1) is 11.0. The Bertz CT molecular complexity index is 426. The molecule has 0 bridgehead atoms. The summed E-state index contributed by atoms with van der Waals surface area (Å²) in [6, 6.07) is 2.48. The monoisotopic (exact) mass is 209 g/mol. The van der Waals surface area contributed by atoms with Gasteiger partial charge >= 0.3 is 5.97 Å². The third-order valence-electron chi connectivity index (χ3n) is 1.85. The van der Waals surface area contributed by atoms with Crippen molar-refractivity contribution in [3.05, 3.63) is 23.3 Å². The number of phenols is 1. The molecule has 0 fully saturated rings. The van der Waals surface area contributed by atoms with Crippen LogP contribution in [0.1, 0.15) is 22.8 Å². The van der Waals surface area contributed by atoms with E-state index in [4.69, 9.17) is 5.11 Å². The SMILES string of the molecule is CC(=O)Nc1c(C)cc(O)cc1C(=O)O. The molecule has 1 rings (SSSR count). The van der Waals surface area contributed by atoms with Gasteiger partial charge in [-0.1, -0.05) is 0 Å². The number of aromatic hydroxyl groups is 1. The van der Waals surface area contributed by atoms with Crippen molar-refractivity contribution in [2.45, 2.75) is 13.8 Å². The first-order chi connectivity index (χ1) is 6.91. The largest absolute Gasteiger partial charge is 0.508 e. The van der Waals surface area contributed by atoms with Crippen LogP contribution in [0.4, 0.5) is 5.69 Å². The normalized spacial score (nSPS) is 9.73. The van der Waals surface area contributed by atoms with Gasteiger partial charge in [0.25, 0.3) is 0 Å². The quantitative estimate of drug-likeness (QED) is 0.642. The highest BCUT2D eigenvalue weighted by Gasteiger charge is 2.14. The summed E-state index contributed by atoms with van der Waals surface area (Å²) in [6.45, 7) is 2.90. The summed E-state index contributed by atoms with van der Waals surface area (Å²) in [5, 5.41) is 20.5. The predicted octanol–water partition coefficient (Wildman–Crippen LogP) is 1.36. The second kappa shape index (κ2) is 4.00. The molecule has 1 amide bonds. The van der Waals surface area contributed by atoms with E-state index in [9.17, 15) is 14.7 Å². The van der Waals surface area contributed by atoms with E-state index in [1.54, 1.807) is 6.92 Å². The highest BCUT2D eigenvalue weighted by molar-refractivity contribution is 6.01. The van der Waals surface area contributed by atoms with E-state index in [1.807, 2.05) is 0 Å². The Morgan fingerprint density at radius 1 is 1.33 bits per heavy atom. The number of carbonyl (C=O) groups is 2. The number of hydrogen-bond donors (Lipinski definition) is 3. The van der Waals surface area contributed by atoms with Crippen LogP contribution in [0.25, 0.3) is 0 Å². The molecule has 0 radical (unpaired) electrons. The third-order valence-corrected chi connectivity index (χ3v) is 1.85. The highest BCUT2D eigenvalue weighted by Crippen LogP contribution is 2.26. The predicted molar refractivity (Wildman–Crippen MR) is 54.1 cm³/mol. The second-order valence-electron chi connectivity index (χ2n) is 3.17. The molecule has 15 heavy (non-hydrogen) atoms. The smallest absolute Gasteiger partial charge is 0.337 e. The van der Waals surface area contributed by atoms with E-state index < -0.39 is 5.97 Å². The summed E-state index contributed by atoms with van der Waals surface area (Å²) in [5.74, 6) is -1.69. The minimum absolute atomic E-state index is 0.122. The summed E-state index contributed by atoms with van der Waals surface area (Å²) in [6.07, 6.45) is 0. The first-order valence-corrected chi connectivity index (χ1v) is 4.26. The van der Waals surface area contributed by atoms with E-state index in [0.717, 1.165) is 6.07 Å². The molecule has 3 N–H and O–H groups in total. The lowest BCUT2D eigenvalue weighted by Gasteiger charge is -2.10. The Balaban J connectivity index is 3.33. The summed E-state index contributed by atoms with van der Waals surface area (Å²) in [4.78, 5) is 21.7. The van der Waals surface area contributed by atoms with Crippen LogP contribution in [-0.2, 0) is 4.79 Å². The Kier molecular flexibility index (Phi) is 2.94. The molecule has 5 nitrogen and oxygen atoms in total. The molecular formula is C10H11NO4. The number of amides is 1. The molecule has 80 valence electrons. The van der Waals surface area contributed by atoms with E-state index in [1.165, 1.54) is 13.0 Å². The molecule has 5 heteroatoms. The summed E-state index contributed by atoms with van der Waals surface area (Å²) in [7, 11) is 0. The van der Waals surface area contributed by atoms with Gasteiger partial charge in [-0.05, 0) is 24.6 Å². The highest BCUT2D eigenvalue weighted by atomic mass is 16.4. The van der Waals surface area contributed by atoms with Gasteiger partial charge in [0.15, 0.2) is 0 Å². The molecule has 0 aliphatic heterocycles. The number of nitrogens with one attached hydrogen (secondary N) is 1. The fourth-order valence-corrected chi connectivity index (χ4v) is 1.28. The molecule has 0 saturated heterocycles. The van der Waals surface area contributed by atoms with Gasteiger partial charge in [-0.25, -0.2) is 4.79 Å². The minimum atomic E-state index is -1.20. The van der Waals surface area contributed by atoms with Gasteiger partial charge in [0.05, 0.1) is 11.3 Å². The van der Waals surface area contributed by atoms with Crippen molar-refractivity contribution in [1.29, 1.82) is 0 Å². The molecule has 0 saturated carbocycles. The van der Waals surface area contributed by atoms with Crippen LogP contribution in [0.3, 0.4) is 0 Å². The Labute approximate surface area is 86.4 Å². The van der Waals surface area contributed by atoms with Gasteiger partial charge in [0, 0.05) is 6.92 Å². The Morgan fingerprint density at radius 3 is 2.40 bits per heavy atom. The number of hydrogen-bond acceptors (Lipinski definition) is 3. The number of aromatic carboxylic acids is 1. The van der Waals surface area contributed by atoms with Gasteiger partial charge in [-0.3, -0.25) is 4.79 Å². The number of benzene rings is 1.